The van der Waals surface area contributed by atoms with E-state index in [2.05, 4.69) is 10.6 Å². The summed E-state index contributed by atoms with van der Waals surface area (Å²) in [6.45, 7) is 2.63. The van der Waals surface area contributed by atoms with Crippen LogP contribution >= 0.6 is 11.6 Å². The molecule has 130 valence electrons. The van der Waals surface area contributed by atoms with Crippen molar-refractivity contribution in [3.8, 4) is 11.5 Å². The van der Waals surface area contributed by atoms with E-state index in [-0.39, 0.29) is 5.91 Å². The zero-order valence-corrected chi connectivity index (χ0v) is 15.1. The molecule has 0 bridgehead atoms. The quantitative estimate of drug-likeness (QED) is 0.866. The van der Waals surface area contributed by atoms with E-state index in [4.69, 9.17) is 21.1 Å². The molecule has 0 aromatic heterocycles. The lowest BCUT2D eigenvalue weighted by Gasteiger charge is -2.36. The maximum atomic E-state index is 13.1. The van der Waals surface area contributed by atoms with Crippen LogP contribution in [0.3, 0.4) is 0 Å². The highest BCUT2D eigenvalue weighted by atomic mass is 35.5. The molecular formula is C19H19ClN2O3. The van der Waals surface area contributed by atoms with Crippen LogP contribution in [0, 0.1) is 6.92 Å². The number of ether oxygens (including phenoxy) is 2. The minimum atomic E-state index is -0.960. The Kier molecular flexibility index (Phi) is 3.67. The molecular weight excluding hydrogens is 340 g/mol. The van der Waals surface area contributed by atoms with Crippen molar-refractivity contribution in [3.63, 3.8) is 0 Å². The molecule has 1 atom stereocenters. The van der Waals surface area contributed by atoms with Gasteiger partial charge in [-0.15, -0.1) is 0 Å². The number of hydrogen-bond donors (Lipinski definition) is 2. The summed E-state index contributed by atoms with van der Waals surface area (Å²) in [6.07, 6.45) is 0.805. The van der Waals surface area contributed by atoms with Gasteiger partial charge in [0.25, 0.3) is 5.91 Å². The van der Waals surface area contributed by atoms with Gasteiger partial charge < -0.3 is 14.8 Å². The number of aryl methyl sites for hydroxylation is 1. The summed E-state index contributed by atoms with van der Waals surface area (Å²) in [7, 11) is 3.21. The molecule has 2 aliphatic heterocycles. The summed E-state index contributed by atoms with van der Waals surface area (Å²) in [4.78, 5) is 13.1. The number of nitrogens with one attached hydrogen (secondary N) is 2. The molecule has 2 aromatic rings. The Morgan fingerprint density at radius 1 is 1.08 bits per heavy atom. The van der Waals surface area contributed by atoms with E-state index in [1.54, 1.807) is 14.2 Å². The van der Waals surface area contributed by atoms with Gasteiger partial charge in [0, 0.05) is 22.8 Å². The lowest BCUT2D eigenvalue weighted by Crippen LogP contribution is -2.52. The number of benzene rings is 2. The van der Waals surface area contributed by atoms with E-state index in [1.807, 2.05) is 31.2 Å². The van der Waals surface area contributed by atoms with Crippen molar-refractivity contribution in [2.75, 3.05) is 26.1 Å². The Labute approximate surface area is 151 Å². The van der Waals surface area contributed by atoms with Crippen LogP contribution in [0.15, 0.2) is 24.3 Å². The van der Waals surface area contributed by atoms with Gasteiger partial charge in [-0.2, -0.15) is 0 Å². The van der Waals surface area contributed by atoms with Crippen molar-refractivity contribution >= 4 is 23.2 Å². The predicted molar refractivity (Wildman–Crippen MR) is 96.9 cm³/mol. The third-order valence-corrected chi connectivity index (χ3v) is 5.30. The molecule has 6 heteroatoms. The molecule has 25 heavy (non-hydrogen) atoms. The summed E-state index contributed by atoms with van der Waals surface area (Å²) in [5, 5.41) is 7.07. The molecule has 2 aliphatic rings. The highest BCUT2D eigenvalue weighted by Crippen LogP contribution is 2.48. The van der Waals surface area contributed by atoms with E-state index in [0.29, 0.717) is 23.1 Å². The van der Waals surface area contributed by atoms with Gasteiger partial charge >= 0.3 is 0 Å². The molecule has 2 heterocycles. The van der Waals surface area contributed by atoms with Gasteiger partial charge in [-0.25, -0.2) is 0 Å². The van der Waals surface area contributed by atoms with Crippen LogP contribution in [0.1, 0.15) is 22.3 Å². The molecule has 0 saturated carbocycles. The van der Waals surface area contributed by atoms with Gasteiger partial charge in [0.2, 0.25) is 0 Å². The first-order valence-electron chi connectivity index (χ1n) is 8.13. The fourth-order valence-electron chi connectivity index (χ4n) is 3.93. The van der Waals surface area contributed by atoms with Crippen molar-refractivity contribution < 1.29 is 14.3 Å². The lowest BCUT2D eigenvalue weighted by atomic mass is 9.77. The minimum absolute atomic E-state index is 0.0963. The molecule has 0 aliphatic carbocycles. The fourth-order valence-corrected chi connectivity index (χ4v) is 4.21. The number of fused-ring (bicyclic) bond motifs is 4. The molecule has 1 unspecified atom stereocenters. The van der Waals surface area contributed by atoms with Gasteiger partial charge in [-0.05, 0) is 54.3 Å². The summed E-state index contributed by atoms with van der Waals surface area (Å²) in [5.41, 5.74) is 3.62. The van der Waals surface area contributed by atoms with E-state index in [9.17, 15) is 4.79 Å². The van der Waals surface area contributed by atoms with Crippen LogP contribution < -0.4 is 20.1 Å². The second-order valence-electron chi connectivity index (χ2n) is 6.39. The van der Waals surface area contributed by atoms with Crippen molar-refractivity contribution in [2.24, 2.45) is 0 Å². The second-order valence-corrected chi connectivity index (χ2v) is 6.83. The molecule has 1 amide bonds. The van der Waals surface area contributed by atoms with Crippen LogP contribution in [-0.2, 0) is 16.8 Å². The average Bonchev–Trinajstić information content (AvgIpc) is 2.87. The molecule has 0 saturated heterocycles. The Bertz CT molecular complexity index is 897. The zero-order valence-electron chi connectivity index (χ0n) is 14.3. The number of carbonyl (C=O) groups is 1. The SMILES string of the molecule is COc1cc2c(cc1OC)C1(NCC2)C(=O)Nc2c(C)cc(Cl)cc21. The fraction of sp³-hybridized carbons (Fsp3) is 0.316. The van der Waals surface area contributed by atoms with E-state index in [1.165, 1.54) is 0 Å². The smallest absolute Gasteiger partial charge is 0.254 e. The van der Waals surface area contributed by atoms with Crippen LogP contribution in [0.5, 0.6) is 11.5 Å². The van der Waals surface area contributed by atoms with Crippen LogP contribution in [-0.4, -0.2) is 26.7 Å². The first-order chi connectivity index (χ1) is 12.0. The third-order valence-electron chi connectivity index (χ3n) is 5.08. The van der Waals surface area contributed by atoms with Gasteiger partial charge in [-0.3, -0.25) is 10.1 Å². The predicted octanol–water partition coefficient (Wildman–Crippen LogP) is 3.01. The minimum Gasteiger partial charge on any atom is -0.493 e. The first kappa shape index (κ1) is 16.2. The van der Waals surface area contributed by atoms with E-state index < -0.39 is 5.54 Å². The van der Waals surface area contributed by atoms with Crippen LogP contribution in [0.4, 0.5) is 5.69 Å². The van der Waals surface area contributed by atoms with Gasteiger partial charge in [0.1, 0.15) is 0 Å². The van der Waals surface area contributed by atoms with E-state index >= 15 is 0 Å². The third kappa shape index (κ3) is 2.16. The lowest BCUT2D eigenvalue weighted by molar-refractivity contribution is -0.120. The topological polar surface area (TPSA) is 59.6 Å². The number of anilines is 1. The molecule has 0 fully saturated rings. The van der Waals surface area contributed by atoms with Crippen molar-refractivity contribution in [2.45, 2.75) is 18.9 Å². The van der Waals surface area contributed by atoms with Gasteiger partial charge in [0.15, 0.2) is 17.0 Å². The Morgan fingerprint density at radius 2 is 1.80 bits per heavy atom. The first-order valence-corrected chi connectivity index (χ1v) is 8.51. The number of amides is 1. The standard InChI is InChI=1S/C19H19ClN2O3/c1-10-6-12(20)8-14-17(10)22-18(23)19(14)13-9-16(25-3)15(24-2)7-11(13)4-5-21-19/h6-9,21H,4-5H2,1-3H3,(H,22,23). The largest absolute Gasteiger partial charge is 0.493 e. The molecule has 5 nitrogen and oxygen atoms in total. The Balaban J connectivity index is 2.02. The van der Waals surface area contributed by atoms with E-state index in [0.717, 1.165) is 34.4 Å². The number of hydrogen-bond acceptors (Lipinski definition) is 4. The molecule has 4 rings (SSSR count). The monoisotopic (exact) mass is 358 g/mol. The Morgan fingerprint density at radius 3 is 2.52 bits per heavy atom. The number of halogens is 1. The average molecular weight is 359 g/mol. The molecule has 2 aromatic carbocycles. The summed E-state index contributed by atoms with van der Waals surface area (Å²) >= 11 is 6.30. The van der Waals surface area contributed by atoms with Crippen LogP contribution in [0.25, 0.3) is 0 Å². The molecule has 0 radical (unpaired) electrons. The van der Waals surface area contributed by atoms with Gasteiger partial charge in [0.05, 0.1) is 14.2 Å². The van der Waals surface area contributed by atoms with Crippen molar-refractivity contribution in [3.05, 3.63) is 51.5 Å². The summed E-state index contributed by atoms with van der Waals surface area (Å²) < 4.78 is 10.9. The summed E-state index contributed by atoms with van der Waals surface area (Å²) in [5.74, 6) is 1.17. The maximum absolute atomic E-state index is 13.1. The van der Waals surface area contributed by atoms with Gasteiger partial charge in [-0.1, -0.05) is 11.6 Å². The molecule has 2 N–H and O–H groups in total. The maximum Gasteiger partial charge on any atom is 0.254 e. The summed E-state index contributed by atoms with van der Waals surface area (Å²) in [6, 6.07) is 7.57. The van der Waals surface area contributed by atoms with Crippen molar-refractivity contribution in [1.29, 1.82) is 0 Å². The number of methoxy groups -OCH3 is 2. The number of rotatable bonds is 2. The highest BCUT2D eigenvalue weighted by molar-refractivity contribution is 6.31. The zero-order chi connectivity index (χ0) is 17.8. The second kappa shape index (κ2) is 5.64. The Hall–Kier alpha value is -2.24. The number of carbonyl (C=O) groups excluding carboxylic acids is 1. The van der Waals surface area contributed by atoms with Crippen molar-refractivity contribution in [1.82, 2.24) is 5.32 Å². The van der Waals surface area contributed by atoms with Crippen LogP contribution in [0.2, 0.25) is 5.02 Å². The highest BCUT2D eigenvalue weighted by Gasteiger charge is 2.51. The normalized spacial score (nSPS) is 20.9. The molecule has 1 spiro atoms.